The van der Waals surface area contributed by atoms with Gasteiger partial charge in [0.25, 0.3) is 0 Å². The predicted molar refractivity (Wildman–Crippen MR) is 86.8 cm³/mol. The Labute approximate surface area is 139 Å². The van der Waals surface area contributed by atoms with Crippen LogP contribution in [0.15, 0.2) is 22.7 Å². The van der Waals surface area contributed by atoms with Gasteiger partial charge in [-0.3, -0.25) is 4.90 Å². The molecule has 1 saturated heterocycles. The minimum absolute atomic E-state index is 0.124. The number of H-pyrrole nitrogens is 1. The summed E-state index contributed by atoms with van der Waals surface area (Å²) in [4.78, 5) is 14.4. The second kappa shape index (κ2) is 5.98. The number of hydrogen-bond donors (Lipinski definition) is 1. The Bertz CT molecular complexity index is 856. The quantitative estimate of drug-likeness (QED) is 0.792. The highest BCUT2D eigenvalue weighted by molar-refractivity contribution is 5.75. The van der Waals surface area contributed by atoms with Crippen molar-refractivity contribution in [2.24, 2.45) is 0 Å². The molecular formula is C17H20FN5O. The van der Waals surface area contributed by atoms with Crippen LogP contribution in [0.1, 0.15) is 56.2 Å². The first-order chi connectivity index (χ1) is 11.6. The molecule has 3 heterocycles. The van der Waals surface area contributed by atoms with Gasteiger partial charge in [-0.15, -0.1) is 0 Å². The summed E-state index contributed by atoms with van der Waals surface area (Å²) in [6.07, 6.45) is 2.07. The van der Waals surface area contributed by atoms with Crippen molar-refractivity contribution in [2.75, 3.05) is 6.54 Å². The Balaban J connectivity index is 1.56. The predicted octanol–water partition coefficient (Wildman–Crippen LogP) is 3.55. The fourth-order valence-corrected chi connectivity index (χ4v) is 3.24. The Morgan fingerprint density at radius 1 is 1.38 bits per heavy atom. The van der Waals surface area contributed by atoms with E-state index in [2.05, 4.69) is 25.0 Å². The fraction of sp³-hybridized carbons (Fsp3) is 0.471. The van der Waals surface area contributed by atoms with E-state index in [1.807, 2.05) is 19.9 Å². The second-order valence-corrected chi connectivity index (χ2v) is 6.59. The summed E-state index contributed by atoms with van der Waals surface area (Å²) in [5.74, 6) is 2.09. The van der Waals surface area contributed by atoms with Crippen LogP contribution in [0.3, 0.4) is 0 Å². The molecule has 0 spiro atoms. The standard InChI is InChI=1S/C17H20FN5O/c1-10(2)17-21-16(22-24-17)13-7-4-8-23(13)9-14-19-12-6-3-5-11(18)15(12)20-14/h3,5-6,10,13H,4,7-9H2,1-2H3,(H,19,20). The molecule has 0 saturated carbocycles. The number of aromatic amines is 1. The molecule has 0 aliphatic carbocycles. The number of para-hydroxylation sites is 1. The minimum Gasteiger partial charge on any atom is -0.341 e. The molecule has 0 bridgehead atoms. The number of nitrogens with zero attached hydrogens (tertiary/aromatic N) is 4. The smallest absolute Gasteiger partial charge is 0.229 e. The van der Waals surface area contributed by atoms with Gasteiger partial charge in [0.2, 0.25) is 5.89 Å². The molecule has 0 amide bonds. The first kappa shape index (κ1) is 15.3. The molecule has 0 radical (unpaired) electrons. The summed E-state index contributed by atoms with van der Waals surface area (Å²) in [6.45, 7) is 5.62. The van der Waals surface area contributed by atoms with Crippen LogP contribution in [-0.4, -0.2) is 31.6 Å². The third kappa shape index (κ3) is 2.69. The van der Waals surface area contributed by atoms with Crippen molar-refractivity contribution < 1.29 is 8.91 Å². The number of nitrogens with one attached hydrogen (secondary N) is 1. The Morgan fingerprint density at radius 2 is 2.25 bits per heavy atom. The highest BCUT2D eigenvalue weighted by atomic mass is 19.1. The van der Waals surface area contributed by atoms with E-state index in [9.17, 15) is 4.39 Å². The monoisotopic (exact) mass is 329 g/mol. The lowest BCUT2D eigenvalue weighted by Crippen LogP contribution is -2.24. The average Bonchev–Trinajstić information content (AvgIpc) is 3.25. The van der Waals surface area contributed by atoms with Gasteiger partial charge in [0.1, 0.15) is 11.3 Å². The van der Waals surface area contributed by atoms with Crippen LogP contribution in [0.2, 0.25) is 0 Å². The summed E-state index contributed by atoms with van der Waals surface area (Å²) in [5, 5.41) is 4.15. The summed E-state index contributed by atoms with van der Waals surface area (Å²) in [5.41, 5.74) is 1.12. The average molecular weight is 329 g/mol. The third-order valence-corrected chi connectivity index (χ3v) is 4.48. The molecule has 1 aromatic carbocycles. The molecule has 6 nitrogen and oxygen atoms in total. The maximum atomic E-state index is 13.8. The van der Waals surface area contributed by atoms with Crippen LogP contribution >= 0.6 is 0 Å². The summed E-state index contributed by atoms with van der Waals surface area (Å²) in [6, 6.07) is 5.08. The van der Waals surface area contributed by atoms with Crippen LogP contribution in [0.25, 0.3) is 11.0 Å². The van der Waals surface area contributed by atoms with Gasteiger partial charge in [0.15, 0.2) is 11.6 Å². The van der Waals surface area contributed by atoms with E-state index in [0.717, 1.165) is 36.6 Å². The van der Waals surface area contributed by atoms with Crippen LogP contribution in [0.4, 0.5) is 4.39 Å². The van der Waals surface area contributed by atoms with Gasteiger partial charge < -0.3 is 9.51 Å². The van der Waals surface area contributed by atoms with Gasteiger partial charge in [0.05, 0.1) is 18.1 Å². The summed E-state index contributed by atoms with van der Waals surface area (Å²) >= 11 is 0. The molecule has 1 unspecified atom stereocenters. The van der Waals surface area contributed by atoms with Gasteiger partial charge in [-0.2, -0.15) is 4.98 Å². The van der Waals surface area contributed by atoms with Crippen molar-refractivity contribution in [2.45, 2.75) is 45.2 Å². The number of fused-ring (bicyclic) bond motifs is 1. The molecular weight excluding hydrogens is 309 g/mol. The van der Waals surface area contributed by atoms with E-state index >= 15 is 0 Å². The maximum Gasteiger partial charge on any atom is 0.229 e. The highest BCUT2D eigenvalue weighted by Crippen LogP contribution is 2.32. The first-order valence-corrected chi connectivity index (χ1v) is 8.32. The zero-order chi connectivity index (χ0) is 16.7. The van der Waals surface area contributed by atoms with Gasteiger partial charge in [0, 0.05) is 5.92 Å². The third-order valence-electron chi connectivity index (χ3n) is 4.48. The number of hydrogen-bond acceptors (Lipinski definition) is 5. The summed E-state index contributed by atoms with van der Waals surface area (Å²) in [7, 11) is 0. The zero-order valence-corrected chi connectivity index (χ0v) is 13.8. The summed E-state index contributed by atoms with van der Waals surface area (Å²) < 4.78 is 19.1. The maximum absolute atomic E-state index is 13.8. The van der Waals surface area contributed by atoms with Crippen molar-refractivity contribution in [3.05, 3.63) is 41.6 Å². The highest BCUT2D eigenvalue weighted by Gasteiger charge is 2.31. The van der Waals surface area contributed by atoms with E-state index in [1.165, 1.54) is 6.07 Å². The molecule has 1 N–H and O–H groups in total. The molecule has 7 heteroatoms. The fourth-order valence-electron chi connectivity index (χ4n) is 3.24. The number of halogens is 1. The van der Waals surface area contributed by atoms with E-state index < -0.39 is 0 Å². The lowest BCUT2D eigenvalue weighted by molar-refractivity contribution is 0.229. The largest absolute Gasteiger partial charge is 0.341 e. The van der Waals surface area contributed by atoms with Crippen molar-refractivity contribution in [1.82, 2.24) is 25.0 Å². The van der Waals surface area contributed by atoms with Crippen molar-refractivity contribution in [1.29, 1.82) is 0 Å². The molecule has 1 fully saturated rings. The van der Waals surface area contributed by atoms with Crippen LogP contribution < -0.4 is 0 Å². The van der Waals surface area contributed by atoms with E-state index in [0.29, 0.717) is 18.0 Å². The molecule has 1 aliphatic heterocycles. The number of aromatic nitrogens is 4. The lowest BCUT2D eigenvalue weighted by Gasteiger charge is -2.20. The Kier molecular flexibility index (Phi) is 3.80. The number of benzene rings is 1. The number of likely N-dealkylation sites (tertiary alicyclic amines) is 1. The molecule has 4 rings (SSSR count). The molecule has 126 valence electrons. The van der Waals surface area contributed by atoms with Gasteiger partial charge in [-0.25, -0.2) is 9.37 Å². The van der Waals surface area contributed by atoms with Gasteiger partial charge in [-0.1, -0.05) is 25.1 Å². The Morgan fingerprint density at radius 3 is 3.00 bits per heavy atom. The SMILES string of the molecule is CC(C)c1nc(C2CCCN2Cc2nc3c(F)cccc3[nH]2)no1. The molecule has 2 aromatic heterocycles. The number of imidazole rings is 1. The normalized spacial score (nSPS) is 18.9. The number of rotatable bonds is 4. The van der Waals surface area contributed by atoms with Crippen LogP contribution in [0, 0.1) is 5.82 Å². The molecule has 24 heavy (non-hydrogen) atoms. The second-order valence-electron chi connectivity index (χ2n) is 6.59. The van der Waals surface area contributed by atoms with Gasteiger partial charge >= 0.3 is 0 Å². The van der Waals surface area contributed by atoms with Crippen LogP contribution in [0.5, 0.6) is 0 Å². The molecule has 1 aliphatic rings. The zero-order valence-electron chi connectivity index (χ0n) is 13.8. The van der Waals surface area contributed by atoms with E-state index in [1.54, 1.807) is 6.07 Å². The first-order valence-electron chi connectivity index (χ1n) is 8.32. The van der Waals surface area contributed by atoms with E-state index in [4.69, 9.17) is 4.52 Å². The van der Waals surface area contributed by atoms with Crippen molar-refractivity contribution in [3.8, 4) is 0 Å². The Hall–Kier alpha value is -2.28. The van der Waals surface area contributed by atoms with E-state index in [-0.39, 0.29) is 17.8 Å². The topological polar surface area (TPSA) is 70.8 Å². The molecule has 3 aromatic rings. The minimum atomic E-state index is -0.298. The van der Waals surface area contributed by atoms with Crippen LogP contribution in [-0.2, 0) is 6.54 Å². The molecule has 1 atom stereocenters. The van der Waals surface area contributed by atoms with Crippen molar-refractivity contribution >= 4 is 11.0 Å². The van der Waals surface area contributed by atoms with Gasteiger partial charge in [-0.05, 0) is 31.5 Å². The van der Waals surface area contributed by atoms with Crippen molar-refractivity contribution in [3.63, 3.8) is 0 Å². The lowest BCUT2D eigenvalue weighted by atomic mass is 10.2.